The van der Waals surface area contributed by atoms with Crippen molar-refractivity contribution in [3.05, 3.63) is 88.0 Å². The monoisotopic (exact) mass is 420 g/mol. The Labute approximate surface area is 175 Å². The molecule has 0 saturated carbocycles. The van der Waals surface area contributed by atoms with Crippen LogP contribution >= 0.6 is 0 Å². The van der Waals surface area contributed by atoms with Crippen molar-refractivity contribution in [2.45, 2.75) is 6.92 Å². The minimum Gasteiger partial charge on any atom is -0.507 e. The zero-order valence-corrected chi connectivity index (χ0v) is 16.1. The molecule has 0 spiro atoms. The summed E-state index contributed by atoms with van der Waals surface area (Å²) in [6.07, 6.45) is 3.59. The summed E-state index contributed by atoms with van der Waals surface area (Å²) in [5.41, 5.74) is 0.334. The van der Waals surface area contributed by atoms with Crippen LogP contribution < -0.4 is 0 Å². The summed E-state index contributed by atoms with van der Waals surface area (Å²) < 4.78 is 0. The Morgan fingerprint density at radius 3 is 1.84 bits per heavy atom. The Kier molecular flexibility index (Phi) is 5.56. The second kappa shape index (κ2) is 8.11. The summed E-state index contributed by atoms with van der Waals surface area (Å²) in [6, 6.07) is 7.92. The number of allylic oxidation sites excluding steroid dienone is 4. The number of carboxylic acids is 2. The molecule has 0 unspecified atom stereocenters. The van der Waals surface area contributed by atoms with Crippen molar-refractivity contribution in [1.82, 2.24) is 0 Å². The maximum Gasteiger partial charge on any atom is 0.339 e. The number of aromatic carboxylic acids is 1. The maximum absolute atomic E-state index is 11.9. The molecule has 1 aliphatic carbocycles. The van der Waals surface area contributed by atoms with Gasteiger partial charge in [0.05, 0.1) is 5.56 Å². The highest BCUT2D eigenvalue weighted by atomic mass is 16.4. The van der Waals surface area contributed by atoms with Gasteiger partial charge < -0.3 is 20.4 Å². The third-order valence-corrected chi connectivity index (χ3v) is 4.68. The number of carboxylic acid groups (broad SMARTS) is 2. The number of carbonyl (C=O) groups excluding carboxylic acids is 2. The number of hydrogen-bond donors (Lipinski definition) is 4. The summed E-state index contributed by atoms with van der Waals surface area (Å²) in [4.78, 5) is 46.7. The molecule has 0 heterocycles. The molecule has 31 heavy (non-hydrogen) atoms. The highest BCUT2D eigenvalue weighted by molar-refractivity contribution is 6.23. The first kappa shape index (κ1) is 21.3. The Morgan fingerprint density at radius 1 is 0.774 bits per heavy atom. The summed E-state index contributed by atoms with van der Waals surface area (Å²) >= 11 is 0. The van der Waals surface area contributed by atoms with Gasteiger partial charge in [0.2, 0.25) is 0 Å². The molecule has 0 aromatic heterocycles. The molecule has 1 aliphatic rings. The van der Waals surface area contributed by atoms with Crippen molar-refractivity contribution in [3.63, 3.8) is 0 Å². The zero-order chi connectivity index (χ0) is 22.9. The quantitative estimate of drug-likeness (QED) is 0.426. The van der Waals surface area contributed by atoms with E-state index in [-0.39, 0.29) is 28.0 Å². The van der Waals surface area contributed by atoms with Crippen LogP contribution in [0, 0.1) is 0 Å². The molecule has 0 aliphatic heterocycles. The third kappa shape index (κ3) is 4.13. The first-order valence-electron chi connectivity index (χ1n) is 8.93. The molecule has 0 radical (unpaired) electrons. The van der Waals surface area contributed by atoms with Gasteiger partial charge in [0.1, 0.15) is 22.6 Å². The molecule has 0 saturated heterocycles. The van der Waals surface area contributed by atoms with Crippen LogP contribution in [-0.4, -0.2) is 43.9 Å². The van der Waals surface area contributed by atoms with Crippen molar-refractivity contribution in [2.75, 3.05) is 0 Å². The van der Waals surface area contributed by atoms with Gasteiger partial charge >= 0.3 is 11.9 Å². The van der Waals surface area contributed by atoms with Gasteiger partial charge in [-0.25, -0.2) is 9.59 Å². The normalized spacial score (nSPS) is 14.7. The number of hydrogen-bond acceptors (Lipinski definition) is 6. The lowest BCUT2D eigenvalue weighted by Crippen LogP contribution is -2.13. The van der Waals surface area contributed by atoms with Crippen LogP contribution in [0.4, 0.5) is 0 Å². The predicted molar refractivity (Wildman–Crippen MR) is 109 cm³/mol. The van der Waals surface area contributed by atoms with Crippen LogP contribution in [0.2, 0.25) is 0 Å². The summed E-state index contributed by atoms with van der Waals surface area (Å²) in [5.74, 6) is -4.66. The summed E-state index contributed by atoms with van der Waals surface area (Å²) in [7, 11) is 0. The molecule has 8 nitrogen and oxygen atoms in total. The van der Waals surface area contributed by atoms with E-state index in [1.165, 1.54) is 49.4 Å². The Morgan fingerprint density at radius 2 is 1.32 bits per heavy atom. The smallest absolute Gasteiger partial charge is 0.339 e. The van der Waals surface area contributed by atoms with E-state index in [2.05, 4.69) is 0 Å². The Balaban J connectivity index is 2.38. The lowest BCUT2D eigenvalue weighted by atomic mass is 9.87. The van der Waals surface area contributed by atoms with Gasteiger partial charge in [0.25, 0.3) is 0 Å². The predicted octanol–water partition coefficient (Wildman–Crippen LogP) is 2.95. The number of phenolic OH excluding ortho intramolecular Hbond substituents is 1. The molecule has 156 valence electrons. The van der Waals surface area contributed by atoms with Crippen LogP contribution in [0.15, 0.2) is 65.8 Å². The number of ketones is 2. The largest absolute Gasteiger partial charge is 0.507 e. The van der Waals surface area contributed by atoms with Crippen molar-refractivity contribution in [2.24, 2.45) is 0 Å². The van der Waals surface area contributed by atoms with E-state index in [9.17, 15) is 39.6 Å². The zero-order valence-electron chi connectivity index (χ0n) is 16.1. The van der Waals surface area contributed by atoms with Gasteiger partial charge in [0.15, 0.2) is 11.6 Å². The average Bonchev–Trinajstić information content (AvgIpc) is 2.71. The van der Waals surface area contributed by atoms with Gasteiger partial charge in [-0.2, -0.15) is 0 Å². The summed E-state index contributed by atoms with van der Waals surface area (Å²) in [6.45, 7) is 1.26. The second-order valence-electron chi connectivity index (χ2n) is 6.72. The molecule has 8 heteroatoms. The van der Waals surface area contributed by atoms with E-state index in [4.69, 9.17) is 0 Å². The number of aliphatic carboxylic acids is 1. The third-order valence-electron chi connectivity index (χ3n) is 4.68. The fourth-order valence-electron chi connectivity index (χ4n) is 3.19. The van der Waals surface area contributed by atoms with Crippen LogP contribution in [0.25, 0.3) is 5.57 Å². The minimum atomic E-state index is -1.43. The lowest BCUT2D eigenvalue weighted by molar-refractivity contribution is -0.134. The molecule has 4 N–H and O–H groups in total. The molecular formula is C23H16O8. The molecule has 2 aromatic carbocycles. The second-order valence-corrected chi connectivity index (χ2v) is 6.72. The average molecular weight is 420 g/mol. The van der Waals surface area contributed by atoms with E-state index >= 15 is 0 Å². The molecule has 0 atom stereocenters. The number of benzene rings is 2. The molecule has 0 amide bonds. The van der Waals surface area contributed by atoms with Gasteiger partial charge in [0, 0.05) is 0 Å². The van der Waals surface area contributed by atoms with Gasteiger partial charge in [-0.1, -0.05) is 18.2 Å². The fourth-order valence-corrected chi connectivity index (χ4v) is 3.19. The molecule has 2 aromatic rings. The maximum atomic E-state index is 11.9. The number of Topliss-reactive ketones (excluding diaryl/α,β-unsaturated/α-hetero) is 1. The summed E-state index contributed by atoms with van der Waals surface area (Å²) in [5, 5.41) is 38.5. The SMILES string of the molecule is CC(=O)c1cc(/C(=C2/C=CC(=O)C(C(=O)O)=C2)c2ccc(O)c(C(=O)O)c2)ccc1O. The van der Waals surface area contributed by atoms with Gasteiger partial charge in [-0.05, 0) is 65.6 Å². The topological polar surface area (TPSA) is 149 Å². The highest BCUT2D eigenvalue weighted by Gasteiger charge is 2.22. The number of aromatic hydroxyl groups is 2. The number of phenols is 2. The van der Waals surface area contributed by atoms with Crippen molar-refractivity contribution >= 4 is 29.1 Å². The van der Waals surface area contributed by atoms with Crippen molar-refractivity contribution in [3.8, 4) is 11.5 Å². The van der Waals surface area contributed by atoms with Crippen molar-refractivity contribution < 1.29 is 39.6 Å². The molecule has 0 fully saturated rings. The standard InChI is InChI=1S/C23H16O8/c1-11(24)15-8-12(2-5-18(15)25)21(13-3-6-19(26)16(9-13)22(28)29)14-4-7-20(27)17(10-14)23(30)31/h2-10,25-26H,1H3,(H,28,29)(H,30,31)/b21-14+. The van der Waals surface area contributed by atoms with Crippen LogP contribution in [0.5, 0.6) is 11.5 Å². The Hall–Kier alpha value is -4.46. The van der Waals surface area contributed by atoms with Gasteiger partial charge in [-0.15, -0.1) is 0 Å². The number of rotatable bonds is 5. The van der Waals surface area contributed by atoms with E-state index in [0.29, 0.717) is 11.1 Å². The van der Waals surface area contributed by atoms with Crippen LogP contribution in [-0.2, 0) is 9.59 Å². The van der Waals surface area contributed by atoms with E-state index in [1.807, 2.05) is 0 Å². The Bertz CT molecular complexity index is 1180. The highest BCUT2D eigenvalue weighted by Crippen LogP contribution is 2.35. The van der Waals surface area contributed by atoms with Crippen LogP contribution in [0.3, 0.4) is 0 Å². The van der Waals surface area contributed by atoms with E-state index < -0.39 is 34.8 Å². The van der Waals surface area contributed by atoms with E-state index in [0.717, 1.165) is 12.2 Å². The first-order chi connectivity index (χ1) is 14.6. The molecular weight excluding hydrogens is 404 g/mol. The number of carbonyl (C=O) groups is 4. The van der Waals surface area contributed by atoms with Crippen LogP contribution in [0.1, 0.15) is 38.8 Å². The minimum absolute atomic E-state index is 0.00568. The van der Waals surface area contributed by atoms with Gasteiger partial charge in [-0.3, -0.25) is 9.59 Å². The van der Waals surface area contributed by atoms with E-state index in [1.54, 1.807) is 0 Å². The van der Waals surface area contributed by atoms with Crippen molar-refractivity contribution in [1.29, 1.82) is 0 Å². The lowest BCUT2D eigenvalue weighted by Gasteiger charge is -2.16. The molecule has 3 rings (SSSR count). The first-order valence-corrected chi connectivity index (χ1v) is 8.93. The molecule has 0 bridgehead atoms. The fraction of sp³-hybridized carbons (Fsp3) is 0.0435.